The van der Waals surface area contributed by atoms with E-state index < -0.39 is 0 Å². The fourth-order valence-electron chi connectivity index (χ4n) is 2.68. The lowest BCUT2D eigenvalue weighted by Gasteiger charge is -2.37. The smallest absolute Gasteiger partial charge is 0.155 e. The van der Waals surface area contributed by atoms with E-state index in [1.165, 1.54) is 5.57 Å². The number of carbonyl (C=O) groups excluding carboxylic acids is 1. The van der Waals surface area contributed by atoms with Crippen molar-refractivity contribution < 1.29 is 9.90 Å². The minimum Gasteiger partial charge on any atom is -0.392 e. The lowest BCUT2D eigenvalue weighted by molar-refractivity contribution is -0.116. The van der Waals surface area contributed by atoms with Crippen molar-refractivity contribution in [2.45, 2.75) is 51.6 Å². The molecule has 1 saturated carbocycles. The standard InChI is InChI=1S/C12H18O2/c1-12-7-6-10(13)8-9(12)4-2-3-5-11(12)14/h8,11,14H,2-7H2,1H3/t11-,12-/m0/s1. The summed E-state index contributed by atoms with van der Waals surface area (Å²) in [6, 6.07) is 0. The Kier molecular flexibility index (Phi) is 2.48. The zero-order valence-corrected chi connectivity index (χ0v) is 8.75. The number of hydrogen-bond donors (Lipinski definition) is 1. The van der Waals surface area contributed by atoms with E-state index in [0.717, 1.165) is 32.1 Å². The molecule has 0 aromatic rings. The van der Waals surface area contributed by atoms with Gasteiger partial charge in [-0.25, -0.2) is 0 Å². The van der Waals surface area contributed by atoms with E-state index in [1.807, 2.05) is 0 Å². The first-order valence-corrected chi connectivity index (χ1v) is 5.55. The lowest BCUT2D eigenvalue weighted by Crippen LogP contribution is -2.36. The first-order chi connectivity index (χ1) is 6.63. The van der Waals surface area contributed by atoms with Crippen molar-refractivity contribution in [2.24, 2.45) is 5.41 Å². The van der Waals surface area contributed by atoms with Gasteiger partial charge in [-0.2, -0.15) is 0 Å². The van der Waals surface area contributed by atoms with Crippen molar-refractivity contribution in [1.29, 1.82) is 0 Å². The van der Waals surface area contributed by atoms with Crippen LogP contribution in [0.2, 0.25) is 0 Å². The molecule has 0 aliphatic heterocycles. The molecule has 0 aromatic heterocycles. The molecule has 2 nitrogen and oxygen atoms in total. The van der Waals surface area contributed by atoms with E-state index in [2.05, 4.69) is 6.92 Å². The highest BCUT2D eigenvalue weighted by molar-refractivity contribution is 5.91. The lowest BCUT2D eigenvalue weighted by atomic mass is 9.69. The highest BCUT2D eigenvalue weighted by Crippen LogP contribution is 2.45. The number of aliphatic hydroxyl groups is 1. The second-order valence-electron chi connectivity index (χ2n) is 4.81. The topological polar surface area (TPSA) is 37.3 Å². The molecule has 1 N–H and O–H groups in total. The SMILES string of the molecule is C[C@]12CCC(=O)C=C1CCCC[C@@H]2O. The number of fused-ring (bicyclic) bond motifs is 1. The summed E-state index contributed by atoms with van der Waals surface area (Å²) in [5.41, 5.74) is 1.09. The van der Waals surface area contributed by atoms with Crippen molar-refractivity contribution in [3.05, 3.63) is 11.6 Å². The highest BCUT2D eigenvalue weighted by atomic mass is 16.3. The summed E-state index contributed by atoms with van der Waals surface area (Å²) in [5, 5.41) is 10.1. The Labute approximate surface area is 85.0 Å². The molecule has 1 fully saturated rings. The van der Waals surface area contributed by atoms with Gasteiger partial charge in [0.1, 0.15) is 0 Å². The van der Waals surface area contributed by atoms with Crippen molar-refractivity contribution >= 4 is 5.78 Å². The minimum absolute atomic E-state index is 0.107. The number of ketones is 1. The predicted octanol–water partition coefficient (Wildman–Crippen LogP) is 2.22. The Morgan fingerprint density at radius 1 is 1.43 bits per heavy atom. The Morgan fingerprint density at radius 3 is 3.00 bits per heavy atom. The Bertz CT molecular complexity index is 280. The van der Waals surface area contributed by atoms with E-state index in [0.29, 0.717) is 6.42 Å². The highest BCUT2D eigenvalue weighted by Gasteiger charge is 2.40. The fourth-order valence-corrected chi connectivity index (χ4v) is 2.68. The van der Waals surface area contributed by atoms with Gasteiger partial charge in [-0.15, -0.1) is 0 Å². The molecule has 2 heteroatoms. The molecular formula is C12H18O2. The molecule has 0 unspecified atom stereocenters. The average molecular weight is 194 g/mol. The van der Waals surface area contributed by atoms with Crippen LogP contribution in [0.4, 0.5) is 0 Å². The summed E-state index contributed by atoms with van der Waals surface area (Å²) in [6.07, 6.45) is 7.08. The van der Waals surface area contributed by atoms with Crippen LogP contribution in [0.3, 0.4) is 0 Å². The number of rotatable bonds is 0. The normalized spacial score (nSPS) is 38.6. The van der Waals surface area contributed by atoms with E-state index >= 15 is 0 Å². The number of allylic oxidation sites excluding steroid dienone is 1. The minimum atomic E-state index is -0.246. The zero-order valence-electron chi connectivity index (χ0n) is 8.75. The van der Waals surface area contributed by atoms with Crippen molar-refractivity contribution in [1.82, 2.24) is 0 Å². The number of aliphatic hydroxyl groups excluding tert-OH is 1. The second kappa shape index (κ2) is 3.50. The van der Waals surface area contributed by atoms with Crippen LogP contribution in [-0.4, -0.2) is 17.0 Å². The van der Waals surface area contributed by atoms with Crippen molar-refractivity contribution in [3.8, 4) is 0 Å². The van der Waals surface area contributed by atoms with Gasteiger partial charge in [-0.3, -0.25) is 4.79 Å². The van der Waals surface area contributed by atoms with Gasteiger partial charge in [-0.1, -0.05) is 18.9 Å². The average Bonchev–Trinajstić information content (AvgIpc) is 2.29. The molecule has 0 radical (unpaired) electrons. The van der Waals surface area contributed by atoms with Crippen molar-refractivity contribution in [2.75, 3.05) is 0 Å². The molecular weight excluding hydrogens is 176 g/mol. The van der Waals surface area contributed by atoms with Gasteiger partial charge in [0.2, 0.25) is 0 Å². The maximum absolute atomic E-state index is 11.3. The van der Waals surface area contributed by atoms with Crippen LogP contribution in [-0.2, 0) is 4.79 Å². The molecule has 0 amide bonds. The third-order valence-electron chi connectivity index (χ3n) is 3.87. The summed E-state index contributed by atoms with van der Waals surface area (Å²) in [4.78, 5) is 11.3. The Hall–Kier alpha value is -0.630. The summed E-state index contributed by atoms with van der Waals surface area (Å²) in [7, 11) is 0. The number of hydrogen-bond acceptors (Lipinski definition) is 2. The third-order valence-corrected chi connectivity index (χ3v) is 3.87. The van der Waals surface area contributed by atoms with E-state index in [4.69, 9.17) is 0 Å². The molecule has 0 bridgehead atoms. The largest absolute Gasteiger partial charge is 0.392 e. The van der Waals surface area contributed by atoms with Gasteiger partial charge >= 0.3 is 0 Å². The monoisotopic (exact) mass is 194 g/mol. The summed E-state index contributed by atoms with van der Waals surface area (Å²) in [5.74, 6) is 0.242. The first-order valence-electron chi connectivity index (χ1n) is 5.55. The van der Waals surface area contributed by atoms with Crippen molar-refractivity contribution in [3.63, 3.8) is 0 Å². The van der Waals surface area contributed by atoms with Crippen LogP contribution in [0.25, 0.3) is 0 Å². The molecule has 14 heavy (non-hydrogen) atoms. The predicted molar refractivity (Wildman–Crippen MR) is 54.9 cm³/mol. The molecule has 0 aromatic carbocycles. The molecule has 2 aliphatic carbocycles. The van der Waals surface area contributed by atoms with Crippen LogP contribution in [0.5, 0.6) is 0 Å². The van der Waals surface area contributed by atoms with Crippen LogP contribution in [0.1, 0.15) is 45.4 Å². The van der Waals surface area contributed by atoms with Gasteiger partial charge in [0.15, 0.2) is 5.78 Å². The quantitative estimate of drug-likeness (QED) is 0.642. The Morgan fingerprint density at radius 2 is 2.21 bits per heavy atom. The van der Waals surface area contributed by atoms with Gasteiger partial charge in [0, 0.05) is 11.8 Å². The molecule has 0 saturated heterocycles. The first kappa shape index (κ1) is 9.91. The van der Waals surface area contributed by atoms with Crippen LogP contribution in [0.15, 0.2) is 11.6 Å². The van der Waals surface area contributed by atoms with Crippen LogP contribution in [0, 0.1) is 5.41 Å². The van der Waals surface area contributed by atoms with Crippen LogP contribution >= 0.6 is 0 Å². The van der Waals surface area contributed by atoms with E-state index in [9.17, 15) is 9.90 Å². The molecule has 0 spiro atoms. The zero-order chi connectivity index (χ0) is 10.2. The summed E-state index contributed by atoms with van der Waals surface area (Å²) >= 11 is 0. The van der Waals surface area contributed by atoms with Gasteiger partial charge in [0.25, 0.3) is 0 Å². The maximum Gasteiger partial charge on any atom is 0.155 e. The maximum atomic E-state index is 11.3. The second-order valence-corrected chi connectivity index (χ2v) is 4.81. The van der Waals surface area contributed by atoms with Gasteiger partial charge in [0.05, 0.1) is 6.10 Å². The molecule has 78 valence electrons. The number of carbonyl (C=O) groups is 1. The van der Waals surface area contributed by atoms with E-state index in [-0.39, 0.29) is 17.3 Å². The van der Waals surface area contributed by atoms with Gasteiger partial charge in [-0.05, 0) is 31.8 Å². The van der Waals surface area contributed by atoms with E-state index in [1.54, 1.807) is 6.08 Å². The molecule has 0 heterocycles. The molecule has 2 aliphatic rings. The molecule has 2 atom stereocenters. The third kappa shape index (κ3) is 1.52. The summed E-state index contributed by atoms with van der Waals surface area (Å²) < 4.78 is 0. The van der Waals surface area contributed by atoms with Gasteiger partial charge < -0.3 is 5.11 Å². The molecule has 2 rings (SSSR count). The Balaban J connectivity index is 2.34. The van der Waals surface area contributed by atoms with Crippen LogP contribution < -0.4 is 0 Å². The fraction of sp³-hybridized carbons (Fsp3) is 0.750. The summed E-state index contributed by atoms with van der Waals surface area (Å²) in [6.45, 7) is 2.11.